The summed E-state index contributed by atoms with van der Waals surface area (Å²) in [5.41, 5.74) is 0. The molecule has 0 radical (unpaired) electrons. The average Bonchev–Trinajstić information content (AvgIpc) is 2.08. The molecule has 0 saturated carbocycles. The number of hydrogen-bond donors (Lipinski definition) is 0. The second-order valence-corrected chi connectivity index (χ2v) is 6.29. The van der Waals surface area contributed by atoms with E-state index in [9.17, 15) is 30.6 Å². The maximum atomic E-state index is 9.53. The van der Waals surface area contributed by atoms with Gasteiger partial charge in [-0.2, -0.15) is 0 Å². The van der Waals surface area contributed by atoms with Crippen molar-refractivity contribution in [3.63, 3.8) is 0 Å². The third kappa shape index (κ3) is 3620. The van der Waals surface area contributed by atoms with Crippen LogP contribution in [0.1, 0.15) is 83.1 Å². The molecule has 0 aliphatic rings. The summed E-state index contributed by atoms with van der Waals surface area (Å²) in [6.45, 7) is 19.3. The van der Waals surface area contributed by atoms with E-state index in [0.29, 0.717) is 0 Å². The van der Waals surface area contributed by atoms with Crippen LogP contribution in [0.3, 0.4) is 0 Å². The van der Waals surface area contributed by atoms with Crippen molar-refractivity contribution >= 4 is 0 Å². The van der Waals surface area contributed by atoms with E-state index in [-0.39, 0.29) is 73.8 Å². The standard InChI is InChI=1S/6C3H7O.K.Ta/c6*1-3(2)4;;/h6*3H,1-2H3;;/q6*-1;+1;+5. The molecule has 0 rings (SSSR count). The molecule has 0 heterocycles. The van der Waals surface area contributed by atoms with Crippen LogP contribution in [0.4, 0.5) is 0 Å². The van der Waals surface area contributed by atoms with Crippen molar-refractivity contribution in [2.45, 2.75) is 120 Å². The molecule has 0 spiro atoms. The fourth-order valence-electron chi connectivity index (χ4n) is 0. The molecule has 0 atom stereocenters. The zero-order chi connectivity index (χ0) is 21.5. The molecule has 0 bridgehead atoms. The van der Waals surface area contributed by atoms with Gasteiger partial charge in [-0.05, 0) is 0 Å². The maximum absolute atomic E-state index is 9.53. The number of rotatable bonds is 0. The van der Waals surface area contributed by atoms with Crippen molar-refractivity contribution in [2.75, 3.05) is 0 Å². The van der Waals surface area contributed by atoms with Crippen molar-refractivity contribution in [3.8, 4) is 0 Å². The van der Waals surface area contributed by atoms with Crippen LogP contribution < -0.4 is 82.0 Å². The van der Waals surface area contributed by atoms with Crippen LogP contribution in [0.5, 0.6) is 0 Å². The van der Waals surface area contributed by atoms with Gasteiger partial charge < -0.3 is 30.6 Å². The van der Waals surface area contributed by atoms with Gasteiger partial charge in [-0.15, -0.1) is 36.6 Å². The molecule has 26 heavy (non-hydrogen) atoms. The first-order valence-electron chi connectivity index (χ1n) is 8.34. The van der Waals surface area contributed by atoms with Crippen molar-refractivity contribution in [1.82, 2.24) is 0 Å². The van der Waals surface area contributed by atoms with E-state index in [1.807, 2.05) is 0 Å². The summed E-state index contributed by atoms with van der Waals surface area (Å²) < 4.78 is 0. The summed E-state index contributed by atoms with van der Waals surface area (Å²) in [5, 5.41) is 57.2. The molecule has 0 aromatic rings. The molecule has 0 aromatic carbocycles. The largest absolute Gasteiger partial charge is 5.00 e. The van der Waals surface area contributed by atoms with E-state index in [4.69, 9.17) is 0 Å². The van der Waals surface area contributed by atoms with Gasteiger partial charge in [0.2, 0.25) is 0 Å². The van der Waals surface area contributed by atoms with Crippen LogP contribution in [0.2, 0.25) is 0 Å². The van der Waals surface area contributed by atoms with Crippen molar-refractivity contribution in [2.24, 2.45) is 0 Å². The predicted octanol–water partition coefficient (Wildman–Crippen LogP) is -4.47. The van der Waals surface area contributed by atoms with Gasteiger partial charge in [-0.1, -0.05) is 83.1 Å². The Labute approximate surface area is 221 Å². The second-order valence-electron chi connectivity index (χ2n) is 6.29. The third-order valence-electron chi connectivity index (χ3n) is 0. The van der Waals surface area contributed by atoms with E-state index in [1.54, 1.807) is 83.1 Å². The first-order valence-corrected chi connectivity index (χ1v) is 8.34. The monoisotopic (exact) mass is 574 g/mol. The summed E-state index contributed by atoms with van der Waals surface area (Å²) in [4.78, 5) is 0. The summed E-state index contributed by atoms with van der Waals surface area (Å²) in [5.74, 6) is 0. The molecule has 0 N–H and O–H groups in total. The van der Waals surface area contributed by atoms with E-state index in [0.717, 1.165) is 0 Å². The Kier molecular flexibility index (Phi) is 89.9. The van der Waals surface area contributed by atoms with Gasteiger partial charge in [-0.25, -0.2) is 0 Å². The SMILES string of the molecule is CC(C)[O-].CC(C)[O-].CC(C)[O-].CC(C)[O-].CC(C)[O-].CC(C)[O-].[K+].[Ta+5]. The second kappa shape index (κ2) is 45.7. The smallest absolute Gasteiger partial charge is 0.852 e. The minimum atomic E-state index is -0.417. The van der Waals surface area contributed by atoms with Gasteiger partial charge >= 0.3 is 73.8 Å². The normalized spacial score (nSPS) is 8.31. The molecule has 8 heteroatoms. The zero-order valence-electron chi connectivity index (χ0n) is 19.4. The molecule has 0 fully saturated rings. The molecular formula is C18H42KO6Ta. The van der Waals surface area contributed by atoms with Gasteiger partial charge in [0.1, 0.15) is 0 Å². The Morgan fingerprint density at radius 3 is 0.308 bits per heavy atom. The van der Waals surface area contributed by atoms with Gasteiger partial charge in [0.15, 0.2) is 0 Å². The molecule has 156 valence electrons. The fraction of sp³-hybridized carbons (Fsp3) is 1.00. The Hall–Kier alpha value is 2.14. The third-order valence-corrected chi connectivity index (χ3v) is 0. The molecule has 6 nitrogen and oxygen atoms in total. The Morgan fingerprint density at radius 1 is 0.308 bits per heavy atom. The van der Waals surface area contributed by atoms with Crippen LogP contribution in [0.15, 0.2) is 0 Å². The fourth-order valence-corrected chi connectivity index (χ4v) is 0. The van der Waals surface area contributed by atoms with Crippen LogP contribution in [0.25, 0.3) is 0 Å². The molecule has 0 amide bonds. The summed E-state index contributed by atoms with van der Waals surface area (Å²) in [7, 11) is 0. The Bertz CT molecular complexity index is 107. The first-order chi connectivity index (χ1) is 10.4. The van der Waals surface area contributed by atoms with E-state index in [2.05, 4.69) is 0 Å². The van der Waals surface area contributed by atoms with Gasteiger partial charge in [0.05, 0.1) is 0 Å². The topological polar surface area (TPSA) is 138 Å². The summed E-state index contributed by atoms with van der Waals surface area (Å²) in [6, 6.07) is 0. The van der Waals surface area contributed by atoms with Crippen LogP contribution in [-0.2, 0) is 22.4 Å². The van der Waals surface area contributed by atoms with Crippen molar-refractivity contribution < 1.29 is 104 Å². The zero-order valence-corrected chi connectivity index (χ0v) is 25.7. The minimum absolute atomic E-state index is 0. The maximum Gasteiger partial charge on any atom is 5.00 e. The molecular weight excluding hydrogens is 532 g/mol. The van der Waals surface area contributed by atoms with E-state index in [1.165, 1.54) is 0 Å². The van der Waals surface area contributed by atoms with Crippen LogP contribution in [0, 0.1) is 0 Å². The minimum Gasteiger partial charge on any atom is -0.852 e. The molecule has 0 aromatic heterocycles. The average molecular weight is 575 g/mol. The van der Waals surface area contributed by atoms with Gasteiger partial charge in [-0.3, -0.25) is 0 Å². The van der Waals surface area contributed by atoms with Crippen LogP contribution >= 0.6 is 0 Å². The van der Waals surface area contributed by atoms with E-state index >= 15 is 0 Å². The summed E-state index contributed by atoms with van der Waals surface area (Å²) >= 11 is 0. The van der Waals surface area contributed by atoms with E-state index < -0.39 is 36.6 Å². The quantitative estimate of drug-likeness (QED) is 0.268. The van der Waals surface area contributed by atoms with Crippen molar-refractivity contribution in [1.29, 1.82) is 0 Å². The van der Waals surface area contributed by atoms with Crippen LogP contribution in [-0.4, -0.2) is 36.6 Å². The molecule has 0 unspecified atom stereocenters. The molecule has 0 aliphatic carbocycles. The Morgan fingerprint density at radius 2 is 0.308 bits per heavy atom. The van der Waals surface area contributed by atoms with Crippen molar-refractivity contribution in [3.05, 3.63) is 0 Å². The predicted molar refractivity (Wildman–Crippen MR) is 90.8 cm³/mol. The number of hydrogen-bond acceptors (Lipinski definition) is 6. The molecule has 0 aliphatic heterocycles. The van der Waals surface area contributed by atoms with Gasteiger partial charge in [0.25, 0.3) is 0 Å². The van der Waals surface area contributed by atoms with Gasteiger partial charge in [0, 0.05) is 0 Å². The first kappa shape index (κ1) is 51.1. The molecule has 0 saturated heterocycles. The summed E-state index contributed by atoms with van der Waals surface area (Å²) in [6.07, 6.45) is -2.50. The Balaban J connectivity index is -0.0000000245.